The molecular weight excluding hydrogens is 287 g/mol. The van der Waals surface area contributed by atoms with Crippen molar-refractivity contribution in [2.24, 2.45) is 0 Å². The van der Waals surface area contributed by atoms with E-state index in [2.05, 4.69) is 31.6 Å². The lowest BCUT2D eigenvalue weighted by atomic mass is 10.3. The molecule has 0 saturated carbocycles. The molecule has 6 heteroatoms. The standard InChI is InChI=1S/C6H3FN2S.C6H4S2/c7-4-1-2-5-6(3-4)9-10-8-5;1-3-7-6-2-4-8-5(1)6/h1-3H;1-4H. The maximum Gasteiger partial charge on any atom is 0.125 e. The van der Waals surface area contributed by atoms with Crippen LogP contribution < -0.4 is 0 Å². The van der Waals surface area contributed by atoms with Crippen molar-refractivity contribution in [1.82, 2.24) is 8.75 Å². The Labute approximate surface area is 115 Å². The lowest BCUT2D eigenvalue weighted by Gasteiger charge is -1.84. The van der Waals surface area contributed by atoms with Gasteiger partial charge >= 0.3 is 0 Å². The summed E-state index contributed by atoms with van der Waals surface area (Å²) in [6.07, 6.45) is 0. The minimum atomic E-state index is -0.264. The Morgan fingerprint density at radius 3 is 2.22 bits per heavy atom. The molecule has 4 aromatic rings. The maximum absolute atomic E-state index is 12.5. The molecule has 0 aliphatic heterocycles. The monoisotopic (exact) mass is 294 g/mol. The van der Waals surface area contributed by atoms with E-state index in [4.69, 9.17) is 0 Å². The molecule has 3 heterocycles. The van der Waals surface area contributed by atoms with E-state index in [0.29, 0.717) is 5.52 Å². The first-order valence-corrected chi connectivity index (χ1v) is 7.60. The predicted molar refractivity (Wildman–Crippen MR) is 77.1 cm³/mol. The molecule has 4 rings (SSSR count). The van der Waals surface area contributed by atoms with E-state index < -0.39 is 0 Å². The summed E-state index contributed by atoms with van der Waals surface area (Å²) in [7, 11) is 0. The highest BCUT2D eigenvalue weighted by Gasteiger charge is 1.97. The van der Waals surface area contributed by atoms with Gasteiger partial charge in [0.25, 0.3) is 0 Å². The summed E-state index contributed by atoms with van der Waals surface area (Å²) in [6, 6.07) is 8.69. The lowest BCUT2D eigenvalue weighted by molar-refractivity contribution is 0.629. The van der Waals surface area contributed by atoms with Crippen molar-refractivity contribution in [3.05, 3.63) is 46.9 Å². The van der Waals surface area contributed by atoms with Crippen LogP contribution in [0.3, 0.4) is 0 Å². The molecule has 0 spiro atoms. The highest BCUT2D eigenvalue weighted by molar-refractivity contribution is 7.25. The molecule has 0 aliphatic carbocycles. The molecule has 0 saturated heterocycles. The predicted octanol–water partition coefficient (Wildman–Crippen LogP) is 4.79. The zero-order valence-corrected chi connectivity index (χ0v) is 11.5. The molecule has 1 aromatic carbocycles. The van der Waals surface area contributed by atoms with Crippen LogP contribution in [-0.4, -0.2) is 8.75 Å². The van der Waals surface area contributed by atoms with Crippen LogP contribution in [0.25, 0.3) is 20.4 Å². The van der Waals surface area contributed by atoms with E-state index in [1.54, 1.807) is 28.7 Å². The van der Waals surface area contributed by atoms with Gasteiger partial charge in [0.05, 0.1) is 11.7 Å². The molecule has 0 radical (unpaired) electrons. The fourth-order valence-corrected chi connectivity index (χ4v) is 3.79. The van der Waals surface area contributed by atoms with Crippen molar-refractivity contribution in [1.29, 1.82) is 0 Å². The van der Waals surface area contributed by atoms with Gasteiger partial charge in [0, 0.05) is 15.5 Å². The van der Waals surface area contributed by atoms with Gasteiger partial charge in [-0.05, 0) is 35.0 Å². The third-order valence-electron chi connectivity index (χ3n) is 2.29. The number of thiophene rings is 2. The lowest BCUT2D eigenvalue weighted by Crippen LogP contribution is -1.72. The van der Waals surface area contributed by atoms with E-state index in [9.17, 15) is 4.39 Å². The second-order valence-corrected chi connectivity index (χ2v) is 5.89. The number of hydrogen-bond acceptors (Lipinski definition) is 5. The van der Waals surface area contributed by atoms with Crippen molar-refractivity contribution >= 4 is 54.8 Å². The van der Waals surface area contributed by atoms with Gasteiger partial charge in [-0.3, -0.25) is 0 Å². The molecular formula is C12H7FN2S3. The summed E-state index contributed by atoms with van der Waals surface area (Å²) in [4.78, 5) is 0. The van der Waals surface area contributed by atoms with Crippen molar-refractivity contribution in [3.8, 4) is 0 Å². The second kappa shape index (κ2) is 5.09. The summed E-state index contributed by atoms with van der Waals surface area (Å²) in [6.45, 7) is 0. The number of benzene rings is 1. The average Bonchev–Trinajstić information content (AvgIpc) is 3.04. The van der Waals surface area contributed by atoms with Crippen LogP contribution in [-0.2, 0) is 0 Å². The van der Waals surface area contributed by atoms with Crippen LogP contribution in [0.1, 0.15) is 0 Å². The van der Waals surface area contributed by atoms with Gasteiger partial charge in [-0.25, -0.2) is 4.39 Å². The van der Waals surface area contributed by atoms with E-state index in [1.807, 2.05) is 0 Å². The van der Waals surface area contributed by atoms with Crippen molar-refractivity contribution in [3.63, 3.8) is 0 Å². The minimum Gasteiger partial charge on any atom is -0.207 e. The number of nitrogens with zero attached hydrogens (tertiary/aromatic N) is 2. The Morgan fingerprint density at radius 2 is 1.50 bits per heavy atom. The normalized spacial score (nSPS) is 10.5. The minimum absolute atomic E-state index is 0.264. The van der Waals surface area contributed by atoms with Crippen LogP contribution in [0.15, 0.2) is 41.1 Å². The van der Waals surface area contributed by atoms with Gasteiger partial charge in [0.1, 0.15) is 16.9 Å². The first kappa shape index (κ1) is 11.7. The van der Waals surface area contributed by atoms with Crippen molar-refractivity contribution in [2.45, 2.75) is 0 Å². The van der Waals surface area contributed by atoms with Crippen LogP contribution in [0.4, 0.5) is 4.39 Å². The molecule has 0 fully saturated rings. The van der Waals surface area contributed by atoms with Gasteiger partial charge in [-0.2, -0.15) is 8.75 Å². The summed E-state index contributed by atoms with van der Waals surface area (Å²) < 4.78 is 23.1. The van der Waals surface area contributed by atoms with Gasteiger partial charge in [-0.1, -0.05) is 0 Å². The van der Waals surface area contributed by atoms with E-state index in [-0.39, 0.29) is 5.82 Å². The molecule has 90 valence electrons. The molecule has 0 amide bonds. The molecule has 18 heavy (non-hydrogen) atoms. The van der Waals surface area contributed by atoms with Gasteiger partial charge < -0.3 is 0 Å². The van der Waals surface area contributed by atoms with Crippen molar-refractivity contribution in [2.75, 3.05) is 0 Å². The largest absolute Gasteiger partial charge is 0.207 e. The van der Waals surface area contributed by atoms with Crippen LogP contribution in [0, 0.1) is 5.82 Å². The molecule has 3 aromatic heterocycles. The van der Waals surface area contributed by atoms with Gasteiger partial charge in [0.2, 0.25) is 0 Å². The highest BCUT2D eigenvalue weighted by Crippen LogP contribution is 2.25. The molecule has 0 bridgehead atoms. The summed E-state index contributed by atoms with van der Waals surface area (Å²) in [5.41, 5.74) is 1.39. The Morgan fingerprint density at radius 1 is 0.833 bits per heavy atom. The third kappa shape index (κ3) is 2.40. The topological polar surface area (TPSA) is 25.8 Å². The van der Waals surface area contributed by atoms with Crippen molar-refractivity contribution < 1.29 is 4.39 Å². The molecule has 0 atom stereocenters. The van der Waals surface area contributed by atoms with Crippen LogP contribution in [0.2, 0.25) is 0 Å². The Balaban J connectivity index is 0.000000114. The van der Waals surface area contributed by atoms with Gasteiger partial charge in [0.15, 0.2) is 0 Å². The fourth-order valence-electron chi connectivity index (χ4n) is 1.45. The van der Waals surface area contributed by atoms with Crippen LogP contribution >= 0.6 is 34.4 Å². The van der Waals surface area contributed by atoms with E-state index in [1.165, 1.54) is 21.5 Å². The smallest absolute Gasteiger partial charge is 0.125 e. The quantitative estimate of drug-likeness (QED) is 0.466. The molecule has 2 nitrogen and oxygen atoms in total. The Bertz CT molecular complexity index is 720. The average molecular weight is 294 g/mol. The Hall–Kier alpha value is -1.37. The fraction of sp³-hybridized carbons (Fsp3) is 0. The van der Waals surface area contributed by atoms with E-state index >= 15 is 0 Å². The third-order valence-corrected chi connectivity index (χ3v) is 4.74. The zero-order valence-electron chi connectivity index (χ0n) is 9.04. The zero-order chi connectivity index (χ0) is 12.4. The SMILES string of the molecule is Fc1ccc2nsnc2c1.c1cc2sccc2s1. The molecule has 0 N–H and O–H groups in total. The Kier molecular flexibility index (Phi) is 3.31. The number of aromatic nitrogens is 2. The molecule has 0 unspecified atom stereocenters. The van der Waals surface area contributed by atoms with E-state index in [0.717, 1.165) is 17.2 Å². The van der Waals surface area contributed by atoms with Crippen LogP contribution in [0.5, 0.6) is 0 Å². The number of rotatable bonds is 0. The second-order valence-electron chi connectivity index (χ2n) is 3.47. The van der Waals surface area contributed by atoms with Gasteiger partial charge in [-0.15, -0.1) is 22.7 Å². The number of halogens is 1. The highest BCUT2D eigenvalue weighted by atomic mass is 32.1. The maximum atomic E-state index is 12.5. The first-order valence-electron chi connectivity index (χ1n) is 5.11. The summed E-state index contributed by atoms with van der Waals surface area (Å²) in [5, 5.41) is 4.25. The number of fused-ring (bicyclic) bond motifs is 2. The number of hydrogen-bond donors (Lipinski definition) is 0. The first-order chi connectivity index (χ1) is 8.83. The summed E-state index contributed by atoms with van der Waals surface area (Å²) in [5.74, 6) is -0.264. The summed E-state index contributed by atoms with van der Waals surface area (Å²) >= 11 is 4.70. The molecule has 0 aliphatic rings.